The molecule has 0 spiro atoms. The van der Waals surface area contributed by atoms with Gasteiger partial charge in [-0.2, -0.15) is 0 Å². The highest BCUT2D eigenvalue weighted by molar-refractivity contribution is 5.96. The van der Waals surface area contributed by atoms with Gasteiger partial charge < -0.3 is 20.4 Å². The van der Waals surface area contributed by atoms with E-state index in [-0.39, 0.29) is 18.0 Å². The summed E-state index contributed by atoms with van der Waals surface area (Å²) in [6.07, 6.45) is 3.60. The lowest BCUT2D eigenvalue weighted by molar-refractivity contribution is -0.117. The Labute approximate surface area is 156 Å². The number of para-hydroxylation sites is 1. The summed E-state index contributed by atoms with van der Waals surface area (Å²) in [5.41, 5.74) is 0.883. The minimum Gasteiger partial charge on any atom is -0.338 e. The van der Waals surface area contributed by atoms with Crippen LogP contribution in [0.25, 0.3) is 0 Å². The van der Waals surface area contributed by atoms with Crippen molar-refractivity contribution in [1.29, 1.82) is 0 Å². The molecule has 26 heavy (non-hydrogen) atoms. The van der Waals surface area contributed by atoms with Crippen molar-refractivity contribution < 1.29 is 9.59 Å². The average Bonchev–Trinajstić information content (AvgIpc) is 3.00. The summed E-state index contributed by atoms with van der Waals surface area (Å²) < 4.78 is 0. The molecular formula is C20H32N4O2. The topological polar surface area (TPSA) is 64.7 Å². The van der Waals surface area contributed by atoms with E-state index in [1.807, 2.05) is 30.3 Å². The van der Waals surface area contributed by atoms with Crippen LogP contribution in [0.2, 0.25) is 0 Å². The van der Waals surface area contributed by atoms with Gasteiger partial charge in [-0.1, -0.05) is 32.0 Å². The number of hydrogen-bond donors (Lipinski definition) is 2. The Hall–Kier alpha value is -2.08. The van der Waals surface area contributed by atoms with E-state index in [9.17, 15) is 9.59 Å². The summed E-state index contributed by atoms with van der Waals surface area (Å²) in [7, 11) is 0. The normalized spacial score (nSPS) is 17.0. The minimum absolute atomic E-state index is 0.0521. The monoisotopic (exact) mass is 360 g/mol. The van der Waals surface area contributed by atoms with Crippen LogP contribution in [0.3, 0.4) is 0 Å². The van der Waals surface area contributed by atoms with Gasteiger partial charge >= 0.3 is 6.03 Å². The molecule has 0 radical (unpaired) electrons. The van der Waals surface area contributed by atoms with Gasteiger partial charge in [0.25, 0.3) is 0 Å². The molecule has 1 aliphatic rings. The van der Waals surface area contributed by atoms with E-state index in [2.05, 4.69) is 29.4 Å². The van der Waals surface area contributed by atoms with Crippen molar-refractivity contribution in [3.05, 3.63) is 30.3 Å². The quantitative estimate of drug-likeness (QED) is 0.631. The number of hydrogen-bond acceptors (Lipinski definition) is 3. The van der Waals surface area contributed by atoms with Gasteiger partial charge in [0, 0.05) is 25.2 Å². The molecule has 1 heterocycles. The van der Waals surface area contributed by atoms with Gasteiger partial charge in [-0.15, -0.1) is 0 Å². The number of amides is 3. The Kier molecular flexibility index (Phi) is 8.41. The second-order valence-corrected chi connectivity index (χ2v) is 6.84. The van der Waals surface area contributed by atoms with E-state index in [0.717, 1.165) is 44.6 Å². The summed E-state index contributed by atoms with van der Waals surface area (Å²) in [5.74, 6) is 0.0521. The van der Waals surface area contributed by atoms with E-state index < -0.39 is 0 Å². The molecule has 0 aromatic heterocycles. The van der Waals surface area contributed by atoms with Crippen molar-refractivity contribution in [2.24, 2.45) is 0 Å². The molecule has 1 saturated heterocycles. The molecule has 6 nitrogen and oxygen atoms in total. The number of carbonyl (C=O) groups excluding carboxylic acids is 2. The average molecular weight is 361 g/mol. The van der Waals surface area contributed by atoms with E-state index in [1.165, 1.54) is 0 Å². The Morgan fingerprint density at radius 3 is 2.50 bits per heavy atom. The third-order valence-corrected chi connectivity index (χ3v) is 4.54. The van der Waals surface area contributed by atoms with E-state index in [4.69, 9.17) is 0 Å². The van der Waals surface area contributed by atoms with Crippen LogP contribution in [0.4, 0.5) is 10.5 Å². The van der Waals surface area contributed by atoms with Crippen LogP contribution >= 0.6 is 0 Å². The molecule has 0 unspecified atom stereocenters. The first-order valence-electron chi connectivity index (χ1n) is 9.76. The lowest BCUT2D eigenvalue weighted by Crippen LogP contribution is -2.44. The number of urea groups is 1. The van der Waals surface area contributed by atoms with E-state index in [0.29, 0.717) is 19.5 Å². The standard InChI is InChI=1S/C20H32N4O2/c1-3-12-23(13-4-2)14-8-11-21-20(26)22-17-15-19(25)24(16-17)18-9-6-5-7-10-18/h5-7,9-10,17H,3-4,8,11-16H2,1-2H3,(H2,21,22,26)/t17-/m1/s1. The van der Waals surface area contributed by atoms with Crippen LogP contribution in [0.1, 0.15) is 39.5 Å². The van der Waals surface area contributed by atoms with Crippen LogP contribution in [-0.4, -0.2) is 55.6 Å². The molecule has 1 atom stereocenters. The third-order valence-electron chi connectivity index (χ3n) is 4.54. The molecular weight excluding hydrogens is 328 g/mol. The lowest BCUT2D eigenvalue weighted by Gasteiger charge is -2.21. The van der Waals surface area contributed by atoms with Gasteiger partial charge in [0.2, 0.25) is 5.91 Å². The minimum atomic E-state index is -0.185. The Balaban J connectivity index is 1.68. The van der Waals surface area contributed by atoms with Crippen molar-refractivity contribution in [3.63, 3.8) is 0 Å². The molecule has 1 aliphatic heterocycles. The first kappa shape index (κ1) is 20.2. The highest BCUT2D eigenvalue weighted by atomic mass is 16.2. The number of nitrogens with one attached hydrogen (secondary N) is 2. The molecule has 0 aliphatic carbocycles. The van der Waals surface area contributed by atoms with E-state index in [1.54, 1.807) is 4.90 Å². The van der Waals surface area contributed by atoms with Crippen molar-refractivity contribution >= 4 is 17.6 Å². The molecule has 1 aromatic carbocycles. The fourth-order valence-electron chi connectivity index (χ4n) is 3.37. The maximum atomic E-state index is 12.2. The Bertz CT molecular complexity index is 558. The predicted molar refractivity (Wildman–Crippen MR) is 105 cm³/mol. The Morgan fingerprint density at radius 1 is 1.15 bits per heavy atom. The molecule has 1 aromatic rings. The maximum Gasteiger partial charge on any atom is 0.315 e. The van der Waals surface area contributed by atoms with Crippen molar-refractivity contribution in [2.75, 3.05) is 37.6 Å². The van der Waals surface area contributed by atoms with Crippen molar-refractivity contribution in [3.8, 4) is 0 Å². The third kappa shape index (κ3) is 6.33. The second-order valence-electron chi connectivity index (χ2n) is 6.84. The lowest BCUT2D eigenvalue weighted by atomic mass is 10.2. The first-order chi connectivity index (χ1) is 12.6. The largest absolute Gasteiger partial charge is 0.338 e. The highest BCUT2D eigenvalue weighted by Gasteiger charge is 2.31. The molecule has 0 bridgehead atoms. The van der Waals surface area contributed by atoms with Gasteiger partial charge in [-0.05, 0) is 51.0 Å². The molecule has 3 amide bonds. The zero-order chi connectivity index (χ0) is 18.8. The fraction of sp³-hybridized carbons (Fsp3) is 0.600. The summed E-state index contributed by atoms with van der Waals surface area (Å²) in [6, 6.07) is 9.26. The van der Waals surface area contributed by atoms with Gasteiger partial charge in [-0.25, -0.2) is 4.79 Å². The fourth-order valence-corrected chi connectivity index (χ4v) is 3.37. The predicted octanol–water partition coefficient (Wildman–Crippen LogP) is 2.60. The molecule has 1 fully saturated rings. The van der Waals surface area contributed by atoms with Crippen molar-refractivity contribution in [2.45, 2.75) is 45.6 Å². The SMILES string of the molecule is CCCN(CCC)CCCNC(=O)N[C@@H]1CC(=O)N(c2ccccc2)C1. The number of carbonyl (C=O) groups is 2. The summed E-state index contributed by atoms with van der Waals surface area (Å²) in [4.78, 5) is 28.4. The van der Waals surface area contributed by atoms with Crippen molar-refractivity contribution in [1.82, 2.24) is 15.5 Å². The Morgan fingerprint density at radius 2 is 1.85 bits per heavy atom. The first-order valence-corrected chi connectivity index (χ1v) is 9.76. The van der Waals surface area contributed by atoms with Crippen LogP contribution < -0.4 is 15.5 Å². The number of anilines is 1. The molecule has 2 rings (SSSR count). The maximum absolute atomic E-state index is 12.2. The molecule has 2 N–H and O–H groups in total. The second kappa shape index (κ2) is 10.8. The van der Waals surface area contributed by atoms with Gasteiger partial charge in [0.15, 0.2) is 0 Å². The zero-order valence-electron chi connectivity index (χ0n) is 16.0. The van der Waals surface area contributed by atoms with E-state index >= 15 is 0 Å². The summed E-state index contributed by atoms with van der Waals surface area (Å²) in [6.45, 7) is 8.78. The molecule has 0 saturated carbocycles. The van der Waals surface area contributed by atoms with Crippen LogP contribution in [0.15, 0.2) is 30.3 Å². The number of rotatable bonds is 10. The number of nitrogens with zero attached hydrogens (tertiary/aromatic N) is 2. The number of benzene rings is 1. The van der Waals surface area contributed by atoms with Crippen LogP contribution in [0.5, 0.6) is 0 Å². The highest BCUT2D eigenvalue weighted by Crippen LogP contribution is 2.20. The van der Waals surface area contributed by atoms with Gasteiger partial charge in [0.1, 0.15) is 0 Å². The zero-order valence-corrected chi connectivity index (χ0v) is 16.0. The smallest absolute Gasteiger partial charge is 0.315 e. The van der Waals surface area contributed by atoms with Gasteiger partial charge in [0.05, 0.1) is 6.04 Å². The molecule has 6 heteroatoms. The van der Waals surface area contributed by atoms with Gasteiger partial charge in [-0.3, -0.25) is 4.79 Å². The van der Waals surface area contributed by atoms with Crippen LogP contribution in [0, 0.1) is 0 Å². The summed E-state index contributed by atoms with van der Waals surface area (Å²) >= 11 is 0. The summed E-state index contributed by atoms with van der Waals surface area (Å²) in [5, 5.41) is 5.83. The molecule has 144 valence electrons. The van der Waals surface area contributed by atoms with Crippen LogP contribution in [-0.2, 0) is 4.79 Å².